The molecule has 16 heavy (non-hydrogen) atoms. The van der Waals surface area contributed by atoms with Gasteiger partial charge in [-0.05, 0) is 42.4 Å². The Labute approximate surface area is 98.3 Å². The molecule has 0 atom stereocenters. The topological polar surface area (TPSA) is 29.5 Å². The maximum Gasteiger partial charge on any atom is 0.122 e. The Balaban J connectivity index is 2.77. The van der Waals surface area contributed by atoms with Crippen molar-refractivity contribution in [3.63, 3.8) is 0 Å². The fraction of sp³-hybridized carbons (Fsp3) is 0.571. The summed E-state index contributed by atoms with van der Waals surface area (Å²) in [4.78, 5) is 0. The number of hydrogen-bond donors (Lipinski definition) is 1. The molecule has 1 N–H and O–H groups in total. The lowest BCUT2D eigenvalue weighted by Gasteiger charge is -2.13. The van der Waals surface area contributed by atoms with Crippen LogP contribution in [0.1, 0.15) is 43.7 Å². The number of aliphatic hydroxyl groups is 1. The van der Waals surface area contributed by atoms with Crippen molar-refractivity contribution in [3.8, 4) is 5.75 Å². The second kappa shape index (κ2) is 6.54. The normalized spacial score (nSPS) is 10.8. The van der Waals surface area contributed by atoms with Crippen LogP contribution in [0.5, 0.6) is 5.75 Å². The first-order valence-electron chi connectivity index (χ1n) is 5.96. The van der Waals surface area contributed by atoms with Crippen LogP contribution in [-0.4, -0.2) is 18.8 Å². The molecule has 2 heteroatoms. The van der Waals surface area contributed by atoms with Gasteiger partial charge in [0.1, 0.15) is 5.75 Å². The summed E-state index contributed by atoms with van der Waals surface area (Å²) in [6.07, 6.45) is 2.95. The van der Waals surface area contributed by atoms with Crippen LogP contribution in [0.25, 0.3) is 0 Å². The van der Waals surface area contributed by atoms with Gasteiger partial charge >= 0.3 is 0 Å². The highest BCUT2D eigenvalue weighted by Gasteiger charge is 2.07. The van der Waals surface area contributed by atoms with Crippen LogP contribution >= 0.6 is 0 Å². The number of hydrogen-bond acceptors (Lipinski definition) is 2. The van der Waals surface area contributed by atoms with Crippen LogP contribution in [0.2, 0.25) is 0 Å². The summed E-state index contributed by atoms with van der Waals surface area (Å²) >= 11 is 0. The molecule has 0 saturated carbocycles. The van der Waals surface area contributed by atoms with E-state index in [9.17, 15) is 0 Å². The Morgan fingerprint density at radius 1 is 1.25 bits per heavy atom. The molecule has 0 unspecified atom stereocenters. The summed E-state index contributed by atoms with van der Waals surface area (Å²) < 4.78 is 5.35. The van der Waals surface area contributed by atoms with Crippen molar-refractivity contribution in [3.05, 3.63) is 29.3 Å². The molecule has 90 valence electrons. The Bertz CT molecular complexity index is 319. The lowest BCUT2D eigenvalue weighted by Crippen LogP contribution is -1.97. The smallest absolute Gasteiger partial charge is 0.122 e. The zero-order valence-corrected chi connectivity index (χ0v) is 10.5. The molecule has 2 nitrogen and oxygen atoms in total. The van der Waals surface area contributed by atoms with Gasteiger partial charge in [0.2, 0.25) is 0 Å². The van der Waals surface area contributed by atoms with Gasteiger partial charge in [-0.1, -0.05) is 26.0 Å². The lowest BCUT2D eigenvalue weighted by molar-refractivity contribution is 0.284. The number of ether oxygens (including phenoxy) is 1. The second-order valence-electron chi connectivity index (χ2n) is 4.41. The third-order valence-corrected chi connectivity index (χ3v) is 2.79. The van der Waals surface area contributed by atoms with Crippen molar-refractivity contribution < 1.29 is 9.84 Å². The van der Waals surface area contributed by atoms with Gasteiger partial charge in [0.05, 0.1) is 7.11 Å². The first kappa shape index (κ1) is 13.0. The number of benzene rings is 1. The Kier molecular flexibility index (Phi) is 5.33. The van der Waals surface area contributed by atoms with Gasteiger partial charge in [0.15, 0.2) is 0 Å². The zero-order chi connectivity index (χ0) is 12.0. The molecule has 0 saturated heterocycles. The van der Waals surface area contributed by atoms with Crippen LogP contribution in [0.3, 0.4) is 0 Å². The molecule has 1 aromatic carbocycles. The Hall–Kier alpha value is -1.02. The molecule has 0 aromatic heterocycles. The molecule has 0 amide bonds. The Morgan fingerprint density at radius 2 is 2.00 bits per heavy atom. The van der Waals surface area contributed by atoms with E-state index in [2.05, 4.69) is 26.0 Å². The maximum absolute atomic E-state index is 8.75. The molecule has 0 aliphatic rings. The number of aliphatic hydroxyl groups excluding tert-OH is 1. The van der Waals surface area contributed by atoms with Gasteiger partial charge in [-0.2, -0.15) is 0 Å². The summed E-state index contributed by atoms with van der Waals surface area (Å²) in [5.41, 5.74) is 2.60. The van der Waals surface area contributed by atoms with Crippen molar-refractivity contribution in [2.75, 3.05) is 13.7 Å². The second-order valence-corrected chi connectivity index (χ2v) is 4.41. The standard InChI is InChI=1S/C14H22O2/c1-11(2)13-10-12(6-4-5-9-15)7-8-14(13)16-3/h7-8,10-11,15H,4-6,9H2,1-3H3. The monoisotopic (exact) mass is 222 g/mol. The lowest BCUT2D eigenvalue weighted by atomic mass is 9.97. The van der Waals surface area contributed by atoms with E-state index in [1.165, 1.54) is 11.1 Å². The Morgan fingerprint density at radius 3 is 2.56 bits per heavy atom. The molecule has 1 rings (SSSR count). The van der Waals surface area contributed by atoms with Gasteiger partial charge in [0, 0.05) is 6.61 Å². The third-order valence-electron chi connectivity index (χ3n) is 2.79. The first-order valence-corrected chi connectivity index (χ1v) is 5.96. The predicted molar refractivity (Wildman–Crippen MR) is 67.1 cm³/mol. The van der Waals surface area contributed by atoms with E-state index in [0.29, 0.717) is 5.92 Å². The summed E-state index contributed by atoms with van der Waals surface area (Å²) in [5, 5.41) is 8.75. The van der Waals surface area contributed by atoms with Crippen LogP contribution in [-0.2, 0) is 6.42 Å². The molecular formula is C14H22O2. The van der Waals surface area contributed by atoms with Gasteiger partial charge in [-0.25, -0.2) is 0 Å². The highest BCUT2D eigenvalue weighted by atomic mass is 16.5. The summed E-state index contributed by atoms with van der Waals surface area (Å²) in [6.45, 7) is 4.64. The predicted octanol–water partition coefficient (Wildman–Crippen LogP) is 3.13. The van der Waals surface area contributed by atoms with Gasteiger partial charge in [-0.3, -0.25) is 0 Å². The van der Waals surface area contributed by atoms with Crippen molar-refractivity contribution >= 4 is 0 Å². The van der Waals surface area contributed by atoms with Gasteiger partial charge in [-0.15, -0.1) is 0 Å². The van der Waals surface area contributed by atoms with Crippen LogP contribution in [0.15, 0.2) is 18.2 Å². The van der Waals surface area contributed by atoms with E-state index in [1.807, 2.05) is 6.07 Å². The largest absolute Gasteiger partial charge is 0.496 e. The van der Waals surface area contributed by atoms with Crippen molar-refractivity contribution in [1.82, 2.24) is 0 Å². The summed E-state index contributed by atoms with van der Waals surface area (Å²) in [7, 11) is 1.71. The van der Waals surface area contributed by atoms with Gasteiger partial charge < -0.3 is 9.84 Å². The maximum atomic E-state index is 8.75. The minimum absolute atomic E-state index is 0.285. The minimum Gasteiger partial charge on any atom is -0.496 e. The molecule has 0 bridgehead atoms. The van der Waals surface area contributed by atoms with E-state index in [0.717, 1.165) is 25.0 Å². The fourth-order valence-electron chi connectivity index (χ4n) is 1.83. The van der Waals surface area contributed by atoms with Crippen molar-refractivity contribution in [2.45, 2.75) is 39.0 Å². The number of methoxy groups -OCH3 is 1. The number of rotatable bonds is 6. The van der Waals surface area contributed by atoms with E-state index in [1.54, 1.807) is 7.11 Å². The minimum atomic E-state index is 0.285. The van der Waals surface area contributed by atoms with Crippen LogP contribution in [0, 0.1) is 0 Å². The molecule has 0 radical (unpaired) electrons. The number of aryl methyl sites for hydroxylation is 1. The van der Waals surface area contributed by atoms with E-state index >= 15 is 0 Å². The molecule has 0 aliphatic carbocycles. The molecule has 0 aliphatic heterocycles. The zero-order valence-electron chi connectivity index (χ0n) is 10.5. The quantitative estimate of drug-likeness (QED) is 0.749. The summed E-state index contributed by atoms with van der Waals surface area (Å²) in [5.74, 6) is 1.45. The van der Waals surface area contributed by atoms with E-state index in [4.69, 9.17) is 9.84 Å². The SMILES string of the molecule is COc1ccc(CCCCO)cc1C(C)C. The average molecular weight is 222 g/mol. The highest BCUT2D eigenvalue weighted by Crippen LogP contribution is 2.27. The molecule has 1 aromatic rings. The molecule has 0 heterocycles. The van der Waals surface area contributed by atoms with Crippen molar-refractivity contribution in [2.24, 2.45) is 0 Å². The molecular weight excluding hydrogens is 200 g/mol. The molecule has 0 fully saturated rings. The van der Waals surface area contributed by atoms with Crippen molar-refractivity contribution in [1.29, 1.82) is 0 Å². The number of unbranched alkanes of at least 4 members (excludes halogenated alkanes) is 1. The first-order chi connectivity index (χ1) is 7.69. The fourth-order valence-corrected chi connectivity index (χ4v) is 1.83. The summed E-state index contributed by atoms with van der Waals surface area (Å²) in [6, 6.07) is 6.38. The third kappa shape index (κ3) is 3.53. The average Bonchev–Trinajstić information content (AvgIpc) is 2.29. The highest BCUT2D eigenvalue weighted by molar-refractivity contribution is 5.39. The van der Waals surface area contributed by atoms with E-state index < -0.39 is 0 Å². The molecule has 0 spiro atoms. The van der Waals surface area contributed by atoms with Crippen LogP contribution < -0.4 is 4.74 Å². The van der Waals surface area contributed by atoms with Crippen LogP contribution in [0.4, 0.5) is 0 Å². The van der Waals surface area contributed by atoms with E-state index in [-0.39, 0.29) is 6.61 Å². The van der Waals surface area contributed by atoms with Gasteiger partial charge in [0.25, 0.3) is 0 Å².